The Morgan fingerprint density at radius 3 is 2.51 bits per heavy atom. The number of β-lactam (4-membered cyclic amide) rings is 1. The fourth-order valence-corrected chi connectivity index (χ4v) is 4.96. The molecule has 2 fully saturated rings. The Bertz CT molecular complexity index is 1230. The first-order valence-electron chi connectivity index (χ1n) is 10.7. The summed E-state index contributed by atoms with van der Waals surface area (Å²) in [6.07, 6.45) is 0. The number of carbonyl (C=O) groups excluding carboxylic acids is 3. The fourth-order valence-electron chi connectivity index (χ4n) is 3.54. The molecule has 0 spiro atoms. The van der Waals surface area contributed by atoms with E-state index < -0.39 is 57.5 Å². The van der Waals surface area contributed by atoms with Crippen LogP contribution in [0, 0.1) is 0 Å². The van der Waals surface area contributed by atoms with E-state index in [2.05, 4.69) is 15.5 Å². The fraction of sp³-hybridized carbons (Fsp3) is 0.556. The van der Waals surface area contributed by atoms with Gasteiger partial charge < -0.3 is 36.5 Å². The van der Waals surface area contributed by atoms with Gasteiger partial charge in [-0.05, 0) is 13.8 Å². The number of carboxylic acid groups (broad SMARTS) is 1. The van der Waals surface area contributed by atoms with Crippen LogP contribution in [0.2, 0.25) is 0 Å². The molecule has 0 radical (unpaired) electrons. The third-order valence-electron chi connectivity index (χ3n) is 5.55. The van der Waals surface area contributed by atoms with Crippen molar-refractivity contribution in [3.63, 3.8) is 0 Å². The summed E-state index contributed by atoms with van der Waals surface area (Å²) in [6, 6.07) is -3.28. The lowest BCUT2D eigenvalue weighted by molar-refractivity contribution is -0.161. The summed E-state index contributed by atoms with van der Waals surface area (Å²) in [5.74, 6) is -3.61. The van der Waals surface area contributed by atoms with Crippen molar-refractivity contribution in [2.24, 2.45) is 10.9 Å². The highest BCUT2D eigenvalue weighted by atomic mass is 32.2. The zero-order valence-electron chi connectivity index (χ0n) is 19.7. The summed E-state index contributed by atoms with van der Waals surface area (Å²) < 4.78 is 33.3. The number of nitrogens with zero attached hydrogens (tertiary/aromatic N) is 5. The zero-order valence-corrected chi connectivity index (χ0v) is 21.4. The van der Waals surface area contributed by atoms with Crippen molar-refractivity contribution in [2.45, 2.75) is 31.5 Å². The summed E-state index contributed by atoms with van der Waals surface area (Å²) in [7, 11) is -5.01. The predicted molar refractivity (Wildman–Crippen MR) is 128 cm³/mol. The molecule has 19 heteroatoms. The van der Waals surface area contributed by atoms with Gasteiger partial charge in [-0.3, -0.25) is 14.1 Å². The number of urea groups is 1. The van der Waals surface area contributed by atoms with E-state index in [1.807, 2.05) is 0 Å². The molecule has 3 heterocycles. The number of rotatable bonds is 11. The summed E-state index contributed by atoms with van der Waals surface area (Å²) in [5.41, 5.74) is 8.63. The van der Waals surface area contributed by atoms with Gasteiger partial charge >= 0.3 is 22.3 Å². The average molecular weight is 563 g/mol. The quantitative estimate of drug-likeness (QED) is 0.0812. The second-order valence-electron chi connectivity index (χ2n) is 8.55. The van der Waals surface area contributed by atoms with Gasteiger partial charge in [0.05, 0.1) is 6.04 Å². The maximum absolute atomic E-state index is 13.1. The number of aliphatic carboxylic acids is 1. The van der Waals surface area contributed by atoms with Crippen LogP contribution >= 0.6 is 11.3 Å². The van der Waals surface area contributed by atoms with E-state index in [0.29, 0.717) is 6.54 Å². The molecule has 0 saturated carbocycles. The minimum absolute atomic E-state index is 0.0534. The second kappa shape index (κ2) is 10.4. The van der Waals surface area contributed by atoms with Gasteiger partial charge in [-0.1, -0.05) is 5.16 Å². The van der Waals surface area contributed by atoms with Crippen LogP contribution in [0.4, 0.5) is 9.93 Å². The van der Waals surface area contributed by atoms with E-state index in [0.717, 1.165) is 11.3 Å². The molecule has 2 saturated heterocycles. The van der Waals surface area contributed by atoms with Gasteiger partial charge in [0.25, 0.3) is 11.8 Å². The smallest absolute Gasteiger partial charge is 0.362 e. The monoisotopic (exact) mass is 562 g/mol. The number of carboxylic acids is 1. The predicted octanol–water partition coefficient (Wildman–Crippen LogP) is -2.50. The summed E-state index contributed by atoms with van der Waals surface area (Å²) in [4.78, 5) is 61.2. The summed E-state index contributed by atoms with van der Waals surface area (Å²) in [5, 5.41) is 16.6. The van der Waals surface area contributed by atoms with Crippen molar-refractivity contribution in [2.75, 3.05) is 38.5 Å². The molecule has 2 unspecified atom stereocenters. The number of oxime groups is 1. The van der Waals surface area contributed by atoms with Crippen LogP contribution in [0.25, 0.3) is 0 Å². The first-order valence-corrected chi connectivity index (χ1v) is 13.0. The lowest BCUT2D eigenvalue weighted by Gasteiger charge is -2.45. The molecular formula is C18H26N8O9S2. The normalized spacial score (nSPS) is 20.8. The second-order valence-corrected chi connectivity index (χ2v) is 10.7. The van der Waals surface area contributed by atoms with E-state index in [-0.39, 0.29) is 41.3 Å². The molecule has 0 aliphatic carbocycles. The van der Waals surface area contributed by atoms with Crippen LogP contribution in [0.15, 0.2) is 10.5 Å². The number of nitrogens with two attached hydrogens (primary N) is 2. The third kappa shape index (κ3) is 5.89. The molecule has 2 aliphatic heterocycles. The van der Waals surface area contributed by atoms with Crippen molar-refractivity contribution in [1.29, 1.82) is 0 Å². The van der Waals surface area contributed by atoms with Crippen LogP contribution < -0.4 is 16.8 Å². The van der Waals surface area contributed by atoms with Crippen molar-refractivity contribution in [3.05, 3.63) is 11.1 Å². The Labute approximate surface area is 214 Å². The number of nitrogens with one attached hydrogen (secondary N) is 1. The van der Waals surface area contributed by atoms with Crippen LogP contribution in [0.3, 0.4) is 0 Å². The number of aromatic nitrogens is 1. The first kappa shape index (κ1) is 28.0. The highest BCUT2D eigenvalue weighted by Gasteiger charge is 2.55. The highest BCUT2D eigenvalue weighted by molar-refractivity contribution is 7.84. The summed E-state index contributed by atoms with van der Waals surface area (Å²) >= 11 is 0.948. The highest BCUT2D eigenvalue weighted by Crippen LogP contribution is 2.26. The summed E-state index contributed by atoms with van der Waals surface area (Å²) in [6.45, 7) is 3.03. The Balaban J connectivity index is 1.85. The number of hydrogen-bond acceptors (Lipinski definition) is 12. The van der Waals surface area contributed by atoms with Crippen molar-refractivity contribution >= 4 is 56.3 Å². The third-order valence-corrected chi connectivity index (χ3v) is 7.17. The van der Waals surface area contributed by atoms with Gasteiger partial charge in [0, 0.05) is 38.1 Å². The molecule has 2 aliphatic rings. The molecule has 7 N–H and O–H groups in total. The van der Waals surface area contributed by atoms with E-state index in [4.69, 9.17) is 16.3 Å². The standard InChI is InChI=1S/C18H26N8O9S2/c1-18(2,15(29)30)35-23-11(9-8-36-16(20)21-9)13(27)22-12-10(26(14(12)28)37(32,33)34)7-25-6-5-24(4-3-19)17(25)31/h8,10,12H,3-7,19H2,1-2H3,(H2,20,21)(H,22,27)(H,29,30)(H,32,33,34)/b23-11-. The topological polar surface area (TPSA) is 251 Å². The number of anilines is 1. The molecule has 37 heavy (non-hydrogen) atoms. The Morgan fingerprint density at radius 2 is 1.97 bits per heavy atom. The first-order chi connectivity index (χ1) is 17.2. The number of thiazole rings is 1. The average Bonchev–Trinajstić information content (AvgIpc) is 3.37. The largest absolute Gasteiger partial charge is 0.478 e. The zero-order chi connectivity index (χ0) is 27.7. The molecule has 17 nitrogen and oxygen atoms in total. The Kier molecular flexibility index (Phi) is 7.91. The number of amides is 4. The molecule has 1 aromatic heterocycles. The van der Waals surface area contributed by atoms with E-state index in [9.17, 15) is 37.3 Å². The van der Waals surface area contributed by atoms with Gasteiger partial charge in [-0.2, -0.15) is 8.42 Å². The molecule has 0 bridgehead atoms. The minimum Gasteiger partial charge on any atom is -0.478 e. The maximum Gasteiger partial charge on any atom is 0.362 e. The van der Waals surface area contributed by atoms with E-state index in [1.165, 1.54) is 29.0 Å². The molecule has 1 aromatic rings. The van der Waals surface area contributed by atoms with Crippen molar-refractivity contribution in [3.8, 4) is 0 Å². The van der Waals surface area contributed by atoms with Gasteiger partial charge in [-0.15, -0.1) is 11.3 Å². The van der Waals surface area contributed by atoms with Crippen molar-refractivity contribution < 1.29 is 42.1 Å². The molecule has 2 atom stereocenters. The van der Waals surface area contributed by atoms with E-state index in [1.54, 1.807) is 0 Å². The minimum atomic E-state index is -5.01. The van der Waals surface area contributed by atoms with Crippen LogP contribution in [-0.4, -0.2) is 117 Å². The molecule has 0 aromatic carbocycles. The molecular weight excluding hydrogens is 536 g/mol. The Morgan fingerprint density at radius 1 is 1.32 bits per heavy atom. The van der Waals surface area contributed by atoms with E-state index >= 15 is 0 Å². The van der Waals surface area contributed by atoms with Crippen LogP contribution in [0.5, 0.6) is 0 Å². The van der Waals surface area contributed by atoms with Crippen molar-refractivity contribution in [1.82, 2.24) is 24.4 Å². The van der Waals surface area contributed by atoms with Gasteiger partial charge in [0.15, 0.2) is 10.8 Å². The molecule has 204 valence electrons. The SMILES string of the molecule is CC(C)(O/N=C(\C(=O)NC1C(=O)N(S(=O)(=O)O)C1CN1CCN(CCN)C1=O)c1csc(N)n1)C(=O)O. The van der Waals surface area contributed by atoms with Gasteiger partial charge in [0.2, 0.25) is 5.60 Å². The van der Waals surface area contributed by atoms with Crippen LogP contribution in [0.1, 0.15) is 19.5 Å². The lowest BCUT2D eigenvalue weighted by Crippen LogP contribution is -2.74. The van der Waals surface area contributed by atoms with Gasteiger partial charge in [0.1, 0.15) is 11.7 Å². The number of carbonyl (C=O) groups is 4. The van der Waals surface area contributed by atoms with Crippen LogP contribution in [-0.2, 0) is 29.5 Å². The molecule has 3 rings (SSSR count). The number of nitrogen functional groups attached to an aromatic ring is 1. The van der Waals surface area contributed by atoms with Gasteiger partial charge in [-0.25, -0.2) is 18.9 Å². The maximum atomic E-state index is 13.1. The number of hydrogen-bond donors (Lipinski definition) is 5. The lowest BCUT2D eigenvalue weighted by atomic mass is 9.97. The Hall–Kier alpha value is -3.55. The molecule has 4 amide bonds.